The fourth-order valence-corrected chi connectivity index (χ4v) is 2.60. The number of hydrogen-bond acceptors (Lipinski definition) is 3. The largest absolute Gasteiger partial charge is 0.280 e. The standard InChI is InChI=1S/C13H12BrN3O/c14-6-9-5-12(18)17(8-9)13-15-7-10-3-1-2-4-11(10)16-13/h1-4,7,9H,5-6,8H2. The Morgan fingerprint density at radius 2 is 2.22 bits per heavy atom. The highest BCUT2D eigenvalue weighted by Crippen LogP contribution is 2.24. The molecule has 1 amide bonds. The molecule has 1 aliphatic heterocycles. The fraction of sp³-hybridized carbons (Fsp3) is 0.308. The number of carbonyl (C=O) groups is 1. The Kier molecular flexibility index (Phi) is 2.99. The van der Waals surface area contributed by atoms with Gasteiger partial charge in [0.1, 0.15) is 0 Å². The summed E-state index contributed by atoms with van der Waals surface area (Å²) >= 11 is 3.42. The molecule has 0 aliphatic carbocycles. The van der Waals surface area contributed by atoms with Crippen molar-refractivity contribution < 1.29 is 4.79 Å². The van der Waals surface area contributed by atoms with E-state index in [9.17, 15) is 4.79 Å². The van der Waals surface area contributed by atoms with E-state index in [4.69, 9.17) is 0 Å². The molecule has 1 unspecified atom stereocenters. The van der Waals surface area contributed by atoms with Crippen molar-refractivity contribution in [2.75, 3.05) is 16.8 Å². The predicted molar refractivity (Wildman–Crippen MR) is 73.8 cm³/mol. The van der Waals surface area contributed by atoms with Gasteiger partial charge in [-0.25, -0.2) is 9.97 Å². The molecule has 18 heavy (non-hydrogen) atoms. The number of aromatic nitrogens is 2. The summed E-state index contributed by atoms with van der Waals surface area (Å²) < 4.78 is 0. The van der Waals surface area contributed by atoms with Crippen molar-refractivity contribution in [1.82, 2.24) is 9.97 Å². The average molecular weight is 306 g/mol. The number of carbonyl (C=O) groups excluding carboxylic acids is 1. The number of fused-ring (bicyclic) bond motifs is 1. The molecule has 2 heterocycles. The van der Waals surface area contributed by atoms with E-state index in [0.717, 1.165) is 16.2 Å². The summed E-state index contributed by atoms with van der Waals surface area (Å²) in [6.07, 6.45) is 2.34. The highest BCUT2D eigenvalue weighted by Gasteiger charge is 2.31. The molecular formula is C13H12BrN3O. The van der Waals surface area contributed by atoms with E-state index in [-0.39, 0.29) is 5.91 Å². The number of anilines is 1. The lowest BCUT2D eigenvalue weighted by molar-refractivity contribution is -0.117. The van der Waals surface area contributed by atoms with Crippen molar-refractivity contribution >= 4 is 38.7 Å². The molecule has 1 aromatic heterocycles. The Hall–Kier alpha value is -1.49. The molecule has 1 fully saturated rings. The molecule has 1 aromatic carbocycles. The summed E-state index contributed by atoms with van der Waals surface area (Å²) in [6.45, 7) is 0.697. The summed E-state index contributed by atoms with van der Waals surface area (Å²) in [5.41, 5.74) is 0.873. The summed E-state index contributed by atoms with van der Waals surface area (Å²) in [5.74, 6) is 0.976. The highest BCUT2D eigenvalue weighted by atomic mass is 79.9. The van der Waals surface area contributed by atoms with Crippen LogP contribution in [0.15, 0.2) is 30.5 Å². The quantitative estimate of drug-likeness (QED) is 0.800. The van der Waals surface area contributed by atoms with Crippen LogP contribution in [-0.4, -0.2) is 27.7 Å². The topological polar surface area (TPSA) is 46.1 Å². The molecule has 0 radical (unpaired) electrons. The van der Waals surface area contributed by atoms with Gasteiger partial charge in [-0.15, -0.1) is 0 Å². The van der Waals surface area contributed by atoms with Crippen LogP contribution < -0.4 is 4.90 Å². The van der Waals surface area contributed by atoms with E-state index in [1.165, 1.54) is 0 Å². The van der Waals surface area contributed by atoms with Crippen LogP contribution in [0.4, 0.5) is 5.95 Å². The third-order valence-electron chi connectivity index (χ3n) is 3.14. The Morgan fingerprint density at radius 1 is 1.39 bits per heavy atom. The second kappa shape index (κ2) is 4.65. The third kappa shape index (κ3) is 1.99. The van der Waals surface area contributed by atoms with Gasteiger partial charge in [-0.05, 0) is 12.0 Å². The Bertz CT molecular complexity index is 602. The summed E-state index contributed by atoms with van der Waals surface area (Å²) in [4.78, 5) is 22.3. The van der Waals surface area contributed by atoms with Gasteiger partial charge < -0.3 is 0 Å². The molecule has 5 heteroatoms. The normalized spacial score (nSPS) is 19.7. The minimum absolute atomic E-state index is 0.106. The van der Waals surface area contributed by atoms with Crippen molar-refractivity contribution in [2.24, 2.45) is 5.92 Å². The third-order valence-corrected chi connectivity index (χ3v) is 4.06. The SMILES string of the molecule is O=C1CC(CBr)CN1c1ncc2ccccc2n1. The van der Waals surface area contributed by atoms with Gasteiger partial charge in [0.05, 0.1) is 5.52 Å². The molecule has 2 aromatic rings. The van der Waals surface area contributed by atoms with Crippen molar-refractivity contribution in [2.45, 2.75) is 6.42 Å². The lowest BCUT2D eigenvalue weighted by atomic mass is 10.2. The first-order valence-corrected chi connectivity index (χ1v) is 6.98. The molecule has 4 nitrogen and oxygen atoms in total. The zero-order valence-corrected chi connectivity index (χ0v) is 11.3. The first-order valence-electron chi connectivity index (χ1n) is 5.86. The van der Waals surface area contributed by atoms with E-state index in [1.54, 1.807) is 11.1 Å². The zero-order chi connectivity index (χ0) is 12.5. The van der Waals surface area contributed by atoms with Crippen LogP contribution in [0.25, 0.3) is 10.9 Å². The summed E-state index contributed by atoms with van der Waals surface area (Å²) in [6, 6.07) is 7.79. The van der Waals surface area contributed by atoms with E-state index < -0.39 is 0 Å². The summed E-state index contributed by atoms with van der Waals surface area (Å²) in [7, 11) is 0. The number of alkyl halides is 1. The number of benzene rings is 1. The van der Waals surface area contributed by atoms with E-state index in [0.29, 0.717) is 24.8 Å². The van der Waals surface area contributed by atoms with Crippen LogP contribution in [0.3, 0.4) is 0 Å². The molecule has 1 saturated heterocycles. The van der Waals surface area contributed by atoms with Crippen molar-refractivity contribution in [3.05, 3.63) is 30.5 Å². The van der Waals surface area contributed by atoms with Crippen LogP contribution in [0, 0.1) is 5.92 Å². The molecule has 0 bridgehead atoms. The van der Waals surface area contributed by atoms with Gasteiger partial charge in [-0.1, -0.05) is 34.1 Å². The molecule has 3 rings (SSSR count). The Morgan fingerprint density at radius 3 is 3.00 bits per heavy atom. The smallest absolute Gasteiger partial charge is 0.232 e. The van der Waals surface area contributed by atoms with Crippen LogP contribution >= 0.6 is 15.9 Å². The monoisotopic (exact) mass is 305 g/mol. The summed E-state index contributed by atoms with van der Waals surface area (Å²) in [5, 5.41) is 1.83. The number of rotatable bonds is 2. The maximum absolute atomic E-state index is 11.9. The van der Waals surface area contributed by atoms with Crippen LogP contribution in [-0.2, 0) is 4.79 Å². The van der Waals surface area contributed by atoms with Crippen LogP contribution in [0.1, 0.15) is 6.42 Å². The highest BCUT2D eigenvalue weighted by molar-refractivity contribution is 9.09. The molecule has 1 aliphatic rings. The van der Waals surface area contributed by atoms with E-state index in [1.807, 2.05) is 24.3 Å². The number of para-hydroxylation sites is 1. The van der Waals surface area contributed by atoms with Crippen molar-refractivity contribution in [1.29, 1.82) is 0 Å². The van der Waals surface area contributed by atoms with Gasteiger partial charge in [0.25, 0.3) is 0 Å². The Balaban J connectivity index is 1.97. The van der Waals surface area contributed by atoms with Gasteiger partial charge >= 0.3 is 0 Å². The first-order chi connectivity index (χ1) is 8.78. The minimum atomic E-state index is 0.106. The molecular weight excluding hydrogens is 294 g/mol. The number of amides is 1. The lowest BCUT2D eigenvalue weighted by Crippen LogP contribution is -2.26. The molecule has 0 spiro atoms. The maximum Gasteiger partial charge on any atom is 0.232 e. The lowest BCUT2D eigenvalue weighted by Gasteiger charge is -2.14. The number of nitrogens with zero attached hydrogens (tertiary/aromatic N) is 3. The van der Waals surface area contributed by atoms with Gasteiger partial charge in [-0.3, -0.25) is 9.69 Å². The Labute approximate surface area is 113 Å². The number of hydrogen-bond donors (Lipinski definition) is 0. The van der Waals surface area contributed by atoms with E-state index in [2.05, 4.69) is 25.9 Å². The van der Waals surface area contributed by atoms with Gasteiger partial charge in [0.2, 0.25) is 11.9 Å². The molecule has 0 saturated carbocycles. The number of halogens is 1. The maximum atomic E-state index is 11.9. The zero-order valence-electron chi connectivity index (χ0n) is 9.71. The van der Waals surface area contributed by atoms with E-state index >= 15 is 0 Å². The molecule has 0 N–H and O–H groups in total. The second-order valence-electron chi connectivity index (χ2n) is 4.46. The van der Waals surface area contributed by atoms with Gasteiger partial charge in [0, 0.05) is 29.9 Å². The van der Waals surface area contributed by atoms with Crippen LogP contribution in [0.5, 0.6) is 0 Å². The first kappa shape index (κ1) is 11.6. The predicted octanol–water partition coefficient (Wildman–Crippen LogP) is 2.38. The minimum Gasteiger partial charge on any atom is -0.280 e. The van der Waals surface area contributed by atoms with Gasteiger partial charge in [-0.2, -0.15) is 0 Å². The fourth-order valence-electron chi connectivity index (χ4n) is 2.17. The van der Waals surface area contributed by atoms with Crippen LogP contribution in [0.2, 0.25) is 0 Å². The van der Waals surface area contributed by atoms with Crippen molar-refractivity contribution in [3.63, 3.8) is 0 Å². The second-order valence-corrected chi connectivity index (χ2v) is 5.11. The average Bonchev–Trinajstić information content (AvgIpc) is 2.79. The van der Waals surface area contributed by atoms with Gasteiger partial charge in [0.15, 0.2) is 0 Å². The van der Waals surface area contributed by atoms with Crippen molar-refractivity contribution in [3.8, 4) is 0 Å². The molecule has 92 valence electrons. The molecule has 1 atom stereocenters.